The molecule has 5 heteroatoms. The van der Waals surface area contributed by atoms with Gasteiger partial charge < -0.3 is 5.11 Å². The summed E-state index contributed by atoms with van der Waals surface area (Å²) in [6.07, 6.45) is 6.53. The first-order chi connectivity index (χ1) is 9.62. The Kier molecular flexibility index (Phi) is 11.1. The molecule has 0 aromatic rings. The van der Waals surface area contributed by atoms with Crippen molar-refractivity contribution in [2.45, 2.75) is 71.8 Å². The predicted octanol–water partition coefficient (Wildman–Crippen LogP) is 3.24. The van der Waals surface area contributed by atoms with Gasteiger partial charge in [-0.25, -0.2) is 5.06 Å². The normalized spacial score (nSPS) is 13.8. The minimum absolute atomic E-state index is 0.390. The van der Waals surface area contributed by atoms with Crippen LogP contribution in [0.4, 0.5) is 0 Å². The van der Waals surface area contributed by atoms with Gasteiger partial charge in [-0.05, 0) is 19.3 Å². The van der Waals surface area contributed by atoms with Crippen molar-refractivity contribution in [1.29, 1.82) is 0 Å². The lowest BCUT2D eigenvalue weighted by Gasteiger charge is -2.31. The molecule has 0 aliphatic carbocycles. The van der Waals surface area contributed by atoms with Gasteiger partial charge in [0.25, 0.3) is 0 Å². The number of aliphatic carboxylic acids is 1. The summed E-state index contributed by atoms with van der Waals surface area (Å²) in [4.78, 5) is 28.0. The fourth-order valence-electron chi connectivity index (χ4n) is 2.26. The van der Waals surface area contributed by atoms with Crippen molar-refractivity contribution in [1.82, 2.24) is 5.06 Å². The summed E-state index contributed by atoms with van der Waals surface area (Å²) in [6, 6.07) is -0.390. The molecule has 0 saturated heterocycles. The number of amides is 1. The largest absolute Gasteiger partial charge is 0.481 e. The fraction of sp³-hybridized carbons (Fsp3) is 0.867. The van der Waals surface area contributed by atoms with E-state index in [0.717, 1.165) is 32.1 Å². The van der Waals surface area contributed by atoms with Gasteiger partial charge in [-0.2, -0.15) is 0 Å². The molecule has 118 valence electrons. The summed E-state index contributed by atoms with van der Waals surface area (Å²) < 4.78 is 0. The number of nitrogens with zero attached hydrogens (tertiary/aromatic N) is 1. The smallest absolute Gasteiger partial charge is 0.308 e. The van der Waals surface area contributed by atoms with Crippen molar-refractivity contribution in [2.75, 3.05) is 6.61 Å². The maximum Gasteiger partial charge on any atom is 0.308 e. The molecule has 1 N–H and O–H groups in total. The quantitative estimate of drug-likeness (QED) is 0.321. The maximum absolute atomic E-state index is 11.4. The lowest BCUT2D eigenvalue weighted by atomic mass is 9.91. The van der Waals surface area contributed by atoms with Crippen molar-refractivity contribution in [3.63, 3.8) is 0 Å². The van der Waals surface area contributed by atoms with Crippen LogP contribution in [-0.2, 0) is 14.4 Å². The lowest BCUT2D eigenvalue weighted by molar-refractivity contribution is -0.197. The minimum atomic E-state index is -0.848. The van der Waals surface area contributed by atoms with Crippen molar-refractivity contribution in [3.05, 3.63) is 0 Å². The number of rotatable bonds is 13. The van der Waals surface area contributed by atoms with E-state index >= 15 is 0 Å². The van der Waals surface area contributed by atoms with Crippen molar-refractivity contribution < 1.29 is 19.5 Å². The van der Waals surface area contributed by atoms with Gasteiger partial charge in [0.15, 0.2) is 0 Å². The van der Waals surface area contributed by atoms with Crippen molar-refractivity contribution in [3.8, 4) is 0 Å². The Hall–Kier alpha value is -1.10. The van der Waals surface area contributed by atoms with Gasteiger partial charge in [0.2, 0.25) is 6.41 Å². The van der Waals surface area contributed by atoms with Crippen LogP contribution in [0.2, 0.25) is 0 Å². The Morgan fingerprint density at radius 2 is 1.85 bits per heavy atom. The summed E-state index contributed by atoms with van der Waals surface area (Å²) in [7, 11) is 0. The van der Waals surface area contributed by atoms with Crippen molar-refractivity contribution in [2.24, 2.45) is 5.92 Å². The molecule has 0 spiro atoms. The molecule has 0 bridgehead atoms. The molecule has 0 aliphatic heterocycles. The van der Waals surface area contributed by atoms with Crippen LogP contribution in [0.15, 0.2) is 0 Å². The lowest BCUT2D eigenvalue weighted by Crippen LogP contribution is -2.43. The number of hydrogen-bond donors (Lipinski definition) is 1. The summed E-state index contributed by atoms with van der Waals surface area (Å²) in [5.41, 5.74) is 0. The molecule has 0 aromatic heterocycles. The van der Waals surface area contributed by atoms with Gasteiger partial charge in [-0.3, -0.25) is 14.4 Å². The highest BCUT2D eigenvalue weighted by Gasteiger charge is 2.31. The Balaban J connectivity index is 4.65. The van der Waals surface area contributed by atoms with E-state index in [0.29, 0.717) is 25.9 Å². The second-order valence-electron chi connectivity index (χ2n) is 5.07. The molecule has 5 nitrogen and oxygen atoms in total. The Morgan fingerprint density at radius 1 is 1.20 bits per heavy atom. The van der Waals surface area contributed by atoms with E-state index in [2.05, 4.69) is 6.92 Å². The van der Waals surface area contributed by atoms with Crippen LogP contribution in [0, 0.1) is 5.92 Å². The maximum atomic E-state index is 11.4. The Labute approximate surface area is 122 Å². The van der Waals surface area contributed by atoms with E-state index in [1.165, 1.54) is 5.06 Å². The SMILES string of the molecule is CCCCC[C@@H](C(=O)O)[C@@H](CC)N(C=O)OCCCC. The van der Waals surface area contributed by atoms with E-state index in [4.69, 9.17) is 4.84 Å². The number of carbonyl (C=O) groups excluding carboxylic acids is 1. The van der Waals surface area contributed by atoms with E-state index in [1.807, 2.05) is 13.8 Å². The van der Waals surface area contributed by atoms with Crippen LogP contribution < -0.4 is 0 Å². The zero-order valence-corrected chi connectivity index (χ0v) is 13.0. The van der Waals surface area contributed by atoms with Gasteiger partial charge in [-0.1, -0.05) is 46.5 Å². The molecule has 0 aliphatic rings. The first-order valence-corrected chi connectivity index (χ1v) is 7.71. The van der Waals surface area contributed by atoms with Crippen LogP contribution in [0.25, 0.3) is 0 Å². The number of hydrogen-bond acceptors (Lipinski definition) is 3. The average molecular weight is 287 g/mol. The molecule has 1 amide bonds. The van der Waals surface area contributed by atoms with E-state index in [1.54, 1.807) is 0 Å². The van der Waals surface area contributed by atoms with E-state index in [-0.39, 0.29) is 0 Å². The van der Waals surface area contributed by atoms with E-state index in [9.17, 15) is 14.7 Å². The number of unbranched alkanes of at least 4 members (excludes halogenated alkanes) is 3. The molecule has 0 unspecified atom stereocenters. The molecule has 20 heavy (non-hydrogen) atoms. The first kappa shape index (κ1) is 18.9. The Morgan fingerprint density at radius 3 is 2.30 bits per heavy atom. The topological polar surface area (TPSA) is 66.8 Å². The van der Waals surface area contributed by atoms with Gasteiger partial charge in [0.05, 0.1) is 18.6 Å². The molecular formula is C15H29NO4. The van der Waals surface area contributed by atoms with Gasteiger partial charge >= 0.3 is 5.97 Å². The molecule has 0 aromatic carbocycles. The fourth-order valence-corrected chi connectivity index (χ4v) is 2.26. The molecule has 0 fully saturated rings. The van der Waals surface area contributed by atoms with Crippen molar-refractivity contribution >= 4 is 12.4 Å². The van der Waals surface area contributed by atoms with Crippen LogP contribution in [0.5, 0.6) is 0 Å². The summed E-state index contributed by atoms with van der Waals surface area (Å²) >= 11 is 0. The number of carbonyl (C=O) groups is 2. The number of carboxylic acids is 1. The van der Waals surface area contributed by atoms with Crippen LogP contribution >= 0.6 is 0 Å². The van der Waals surface area contributed by atoms with Gasteiger partial charge in [0, 0.05) is 0 Å². The zero-order valence-electron chi connectivity index (χ0n) is 13.0. The highest BCUT2D eigenvalue weighted by Crippen LogP contribution is 2.21. The summed E-state index contributed by atoms with van der Waals surface area (Å²) in [5.74, 6) is -1.41. The standard InChI is InChI=1S/C15H29NO4/c1-4-7-9-10-13(15(18)19)14(6-3)16(12-17)20-11-8-5-2/h12-14H,4-11H2,1-3H3,(H,18,19)/t13-,14-/m1/s1. The molecule has 0 heterocycles. The average Bonchev–Trinajstić information content (AvgIpc) is 2.44. The predicted molar refractivity (Wildman–Crippen MR) is 78.1 cm³/mol. The summed E-state index contributed by atoms with van der Waals surface area (Å²) in [6.45, 7) is 6.46. The molecule has 0 saturated carbocycles. The zero-order chi connectivity index (χ0) is 15.4. The summed E-state index contributed by atoms with van der Waals surface area (Å²) in [5, 5.41) is 10.6. The molecule has 0 rings (SSSR count). The Bertz CT molecular complexity index is 271. The van der Waals surface area contributed by atoms with Gasteiger partial charge in [0.1, 0.15) is 0 Å². The third-order valence-electron chi connectivity index (χ3n) is 3.49. The molecular weight excluding hydrogens is 258 g/mol. The highest BCUT2D eigenvalue weighted by molar-refractivity contribution is 5.71. The first-order valence-electron chi connectivity index (χ1n) is 7.71. The highest BCUT2D eigenvalue weighted by atomic mass is 16.7. The van der Waals surface area contributed by atoms with Crippen LogP contribution in [0.3, 0.4) is 0 Å². The number of hydroxylamine groups is 2. The van der Waals surface area contributed by atoms with Crippen LogP contribution in [0.1, 0.15) is 65.7 Å². The molecule has 2 atom stereocenters. The minimum Gasteiger partial charge on any atom is -0.481 e. The van der Waals surface area contributed by atoms with Gasteiger partial charge in [-0.15, -0.1) is 0 Å². The second kappa shape index (κ2) is 11.7. The van der Waals surface area contributed by atoms with Crippen LogP contribution in [-0.4, -0.2) is 35.2 Å². The number of carboxylic acid groups (broad SMARTS) is 1. The molecule has 0 radical (unpaired) electrons. The second-order valence-corrected chi connectivity index (χ2v) is 5.07. The third kappa shape index (κ3) is 6.89. The monoisotopic (exact) mass is 287 g/mol. The van der Waals surface area contributed by atoms with E-state index < -0.39 is 17.9 Å². The third-order valence-corrected chi connectivity index (χ3v) is 3.49.